The SMILES string of the molecule is O=C(COC(=O)/C=C/c1c(Cl)cccc1Cl)Nc1ccccc1N1CCCC1=O. The quantitative estimate of drug-likeness (QED) is 0.544. The minimum Gasteiger partial charge on any atom is -0.452 e. The lowest BCUT2D eigenvalue weighted by molar-refractivity contribution is -0.142. The van der Waals surface area contributed by atoms with Gasteiger partial charge in [-0.05, 0) is 36.8 Å². The zero-order valence-electron chi connectivity index (χ0n) is 15.4. The van der Waals surface area contributed by atoms with Gasteiger partial charge < -0.3 is 15.0 Å². The first-order valence-electron chi connectivity index (χ1n) is 8.94. The van der Waals surface area contributed by atoms with E-state index in [9.17, 15) is 14.4 Å². The van der Waals surface area contributed by atoms with E-state index >= 15 is 0 Å². The summed E-state index contributed by atoms with van der Waals surface area (Å²) in [5, 5.41) is 3.47. The topological polar surface area (TPSA) is 75.7 Å². The monoisotopic (exact) mass is 432 g/mol. The summed E-state index contributed by atoms with van der Waals surface area (Å²) in [4.78, 5) is 37.7. The maximum Gasteiger partial charge on any atom is 0.331 e. The summed E-state index contributed by atoms with van der Waals surface area (Å²) >= 11 is 12.1. The maximum absolute atomic E-state index is 12.2. The number of nitrogens with one attached hydrogen (secondary N) is 1. The lowest BCUT2D eigenvalue weighted by Gasteiger charge is -2.19. The third kappa shape index (κ3) is 5.37. The minimum absolute atomic E-state index is 0.0153. The fourth-order valence-corrected chi connectivity index (χ4v) is 3.43. The fourth-order valence-electron chi connectivity index (χ4n) is 2.91. The molecule has 1 fully saturated rings. The highest BCUT2D eigenvalue weighted by Gasteiger charge is 2.24. The Balaban J connectivity index is 1.57. The van der Waals surface area contributed by atoms with E-state index in [1.54, 1.807) is 47.4 Å². The van der Waals surface area contributed by atoms with Crippen LogP contribution in [0.1, 0.15) is 18.4 Å². The van der Waals surface area contributed by atoms with Crippen molar-refractivity contribution in [2.75, 3.05) is 23.4 Å². The standard InChI is InChI=1S/C21H18Cl2N2O4/c22-15-5-3-6-16(23)14(15)10-11-21(28)29-13-19(26)24-17-7-1-2-8-18(17)25-12-4-9-20(25)27/h1-3,5-8,10-11H,4,9,12-13H2,(H,24,26)/b11-10+. The van der Waals surface area contributed by atoms with Crippen LogP contribution >= 0.6 is 23.2 Å². The van der Waals surface area contributed by atoms with Gasteiger partial charge in [0.25, 0.3) is 5.91 Å². The molecule has 0 bridgehead atoms. The van der Waals surface area contributed by atoms with Crippen LogP contribution in [-0.2, 0) is 19.1 Å². The van der Waals surface area contributed by atoms with Gasteiger partial charge in [0, 0.05) is 34.7 Å². The van der Waals surface area contributed by atoms with Gasteiger partial charge in [-0.1, -0.05) is 41.4 Å². The average molecular weight is 433 g/mol. The Bertz CT molecular complexity index is 955. The highest BCUT2D eigenvalue weighted by atomic mass is 35.5. The molecule has 0 aliphatic carbocycles. The molecular formula is C21H18Cl2N2O4. The van der Waals surface area contributed by atoms with E-state index in [1.165, 1.54) is 6.08 Å². The van der Waals surface area contributed by atoms with Crippen LogP contribution < -0.4 is 10.2 Å². The Labute approximate surface area is 178 Å². The first-order chi connectivity index (χ1) is 14.0. The Morgan fingerprint density at radius 1 is 1.10 bits per heavy atom. The van der Waals surface area contributed by atoms with Gasteiger partial charge >= 0.3 is 5.97 Å². The summed E-state index contributed by atoms with van der Waals surface area (Å²) in [6, 6.07) is 12.0. The molecule has 2 aromatic carbocycles. The molecule has 0 saturated carbocycles. The molecule has 3 rings (SSSR count). The number of ether oxygens (including phenoxy) is 1. The Hall–Kier alpha value is -2.83. The second-order valence-electron chi connectivity index (χ2n) is 6.29. The van der Waals surface area contributed by atoms with E-state index in [2.05, 4.69) is 5.32 Å². The molecule has 6 nitrogen and oxygen atoms in total. The number of rotatable bonds is 6. The first-order valence-corrected chi connectivity index (χ1v) is 9.69. The predicted octanol–water partition coefficient (Wildman–Crippen LogP) is 4.32. The van der Waals surface area contributed by atoms with Gasteiger partial charge in [0.05, 0.1) is 11.4 Å². The summed E-state index contributed by atoms with van der Waals surface area (Å²) in [6.45, 7) is 0.137. The minimum atomic E-state index is -0.709. The number of benzene rings is 2. The normalized spacial score (nSPS) is 13.7. The number of esters is 1. The fraction of sp³-hybridized carbons (Fsp3) is 0.190. The average Bonchev–Trinajstić information content (AvgIpc) is 3.12. The van der Waals surface area contributed by atoms with Gasteiger partial charge in [0.1, 0.15) is 0 Å². The molecule has 0 radical (unpaired) electrons. The molecule has 1 heterocycles. The van der Waals surface area contributed by atoms with Gasteiger partial charge in [-0.3, -0.25) is 9.59 Å². The molecular weight excluding hydrogens is 415 g/mol. The molecule has 0 atom stereocenters. The number of hydrogen-bond acceptors (Lipinski definition) is 4. The van der Waals surface area contributed by atoms with Crippen LogP contribution in [-0.4, -0.2) is 30.9 Å². The first kappa shape index (κ1) is 20.9. The highest BCUT2D eigenvalue weighted by molar-refractivity contribution is 6.37. The number of carbonyl (C=O) groups excluding carboxylic acids is 3. The summed E-state index contributed by atoms with van der Waals surface area (Å²) in [5.41, 5.74) is 1.60. The van der Waals surface area contributed by atoms with Gasteiger partial charge in [0.15, 0.2) is 6.61 Å². The van der Waals surface area contributed by atoms with Crippen molar-refractivity contribution in [3.05, 3.63) is 64.1 Å². The van der Waals surface area contributed by atoms with Crippen molar-refractivity contribution in [3.63, 3.8) is 0 Å². The molecule has 1 aliphatic heterocycles. The van der Waals surface area contributed by atoms with Crippen molar-refractivity contribution >= 4 is 58.4 Å². The molecule has 0 aromatic heterocycles. The summed E-state index contributed by atoms with van der Waals surface area (Å²) in [6.07, 6.45) is 3.85. The molecule has 29 heavy (non-hydrogen) atoms. The third-order valence-corrected chi connectivity index (χ3v) is 4.93. The van der Waals surface area contributed by atoms with E-state index in [0.717, 1.165) is 12.5 Å². The van der Waals surface area contributed by atoms with Gasteiger partial charge in [-0.25, -0.2) is 4.79 Å². The van der Waals surface area contributed by atoms with Crippen molar-refractivity contribution in [2.24, 2.45) is 0 Å². The number of hydrogen-bond donors (Lipinski definition) is 1. The molecule has 8 heteroatoms. The number of anilines is 2. The molecule has 0 unspecified atom stereocenters. The third-order valence-electron chi connectivity index (χ3n) is 4.27. The van der Waals surface area contributed by atoms with Crippen LogP contribution in [0.5, 0.6) is 0 Å². The maximum atomic E-state index is 12.2. The second kappa shape index (κ2) is 9.58. The van der Waals surface area contributed by atoms with E-state index in [1.807, 2.05) is 0 Å². The smallest absolute Gasteiger partial charge is 0.331 e. The van der Waals surface area contributed by atoms with Crippen molar-refractivity contribution in [1.29, 1.82) is 0 Å². The van der Waals surface area contributed by atoms with Crippen LogP contribution in [0.4, 0.5) is 11.4 Å². The molecule has 2 amide bonds. The second-order valence-corrected chi connectivity index (χ2v) is 7.11. The number of para-hydroxylation sites is 2. The Kier molecular flexibility index (Phi) is 6.90. The Morgan fingerprint density at radius 2 is 1.83 bits per heavy atom. The molecule has 0 spiro atoms. The molecule has 1 saturated heterocycles. The molecule has 1 N–H and O–H groups in total. The van der Waals surface area contributed by atoms with Crippen molar-refractivity contribution in [3.8, 4) is 0 Å². The lowest BCUT2D eigenvalue weighted by atomic mass is 10.2. The summed E-state index contributed by atoms with van der Waals surface area (Å²) < 4.78 is 4.96. The molecule has 1 aliphatic rings. The van der Waals surface area contributed by atoms with Crippen LogP contribution in [0.3, 0.4) is 0 Å². The molecule has 2 aromatic rings. The van der Waals surface area contributed by atoms with Crippen LogP contribution in [0.25, 0.3) is 6.08 Å². The predicted molar refractivity (Wildman–Crippen MR) is 113 cm³/mol. The van der Waals surface area contributed by atoms with Crippen molar-refractivity contribution < 1.29 is 19.1 Å². The summed E-state index contributed by atoms with van der Waals surface area (Å²) in [7, 11) is 0. The van der Waals surface area contributed by atoms with Gasteiger partial charge in [-0.2, -0.15) is 0 Å². The number of amides is 2. The van der Waals surface area contributed by atoms with E-state index in [-0.39, 0.29) is 5.91 Å². The molecule has 150 valence electrons. The van der Waals surface area contributed by atoms with E-state index in [0.29, 0.717) is 39.9 Å². The number of carbonyl (C=O) groups is 3. The van der Waals surface area contributed by atoms with Gasteiger partial charge in [0.2, 0.25) is 5.91 Å². The van der Waals surface area contributed by atoms with Gasteiger partial charge in [-0.15, -0.1) is 0 Å². The summed E-state index contributed by atoms with van der Waals surface area (Å²) in [5.74, 6) is -1.21. The van der Waals surface area contributed by atoms with Crippen LogP contribution in [0.15, 0.2) is 48.5 Å². The highest BCUT2D eigenvalue weighted by Crippen LogP contribution is 2.29. The zero-order valence-corrected chi connectivity index (χ0v) is 16.9. The largest absolute Gasteiger partial charge is 0.452 e. The van der Waals surface area contributed by atoms with Crippen molar-refractivity contribution in [2.45, 2.75) is 12.8 Å². The van der Waals surface area contributed by atoms with E-state index in [4.69, 9.17) is 27.9 Å². The van der Waals surface area contributed by atoms with Crippen molar-refractivity contribution in [1.82, 2.24) is 0 Å². The Morgan fingerprint density at radius 3 is 2.52 bits per heavy atom. The van der Waals surface area contributed by atoms with Crippen LogP contribution in [0, 0.1) is 0 Å². The number of nitrogens with zero attached hydrogens (tertiary/aromatic N) is 1. The number of halogens is 2. The lowest BCUT2D eigenvalue weighted by Crippen LogP contribution is -2.26. The zero-order chi connectivity index (χ0) is 20.8. The van der Waals surface area contributed by atoms with Crippen LogP contribution in [0.2, 0.25) is 10.0 Å². The van der Waals surface area contributed by atoms with E-state index < -0.39 is 18.5 Å².